The molecule has 0 saturated carbocycles. The first kappa shape index (κ1) is 55.8. The van der Waals surface area contributed by atoms with Crippen molar-refractivity contribution < 1.29 is 146 Å². The molecule has 1 amide bonds. The van der Waals surface area contributed by atoms with Crippen molar-refractivity contribution in [1.82, 2.24) is 5.32 Å². The number of rotatable bonds is 19. The van der Waals surface area contributed by atoms with Crippen LogP contribution in [0.2, 0.25) is 0 Å². The zero-order chi connectivity index (χ0) is 49.8. The Balaban J connectivity index is 1.36. The van der Waals surface area contributed by atoms with E-state index in [4.69, 9.17) is 53.1 Å². The topological polar surface area (TPSA) is 511 Å². The molecule has 0 unspecified atom stereocenters. The lowest BCUT2D eigenvalue weighted by Gasteiger charge is -2.50. The van der Waals surface area contributed by atoms with Gasteiger partial charge in [0, 0.05) is 13.5 Å². The fourth-order valence-corrected chi connectivity index (χ4v) is 8.47. The number of hydrogen-bond donors (Lipinski definition) is 17. The Morgan fingerprint density at radius 2 is 0.955 bits per heavy atom. The molecule has 0 aromatic rings. The summed E-state index contributed by atoms with van der Waals surface area (Å²) in [6.07, 6.45) is -48.6. The highest BCUT2D eigenvalue weighted by molar-refractivity contribution is 7.80. The maximum atomic E-state index is 12.5. The van der Waals surface area contributed by atoms with Crippen molar-refractivity contribution in [3.8, 4) is 0 Å². The average Bonchev–Trinajstić information content (AvgIpc) is 3.27. The molecular formula is C34H58N2O30S. The van der Waals surface area contributed by atoms with E-state index in [0.717, 1.165) is 6.92 Å². The minimum atomic E-state index is -5.49. The molecule has 5 aliphatic rings. The predicted octanol–water partition coefficient (Wildman–Crippen LogP) is -11.9. The van der Waals surface area contributed by atoms with Gasteiger partial charge in [0.05, 0.1) is 33.0 Å². The van der Waals surface area contributed by atoms with Crippen molar-refractivity contribution in [3.63, 3.8) is 0 Å². The summed E-state index contributed by atoms with van der Waals surface area (Å²) in [6, 6.07) is -1.82. The van der Waals surface area contributed by atoms with Crippen LogP contribution in [-0.2, 0) is 71.5 Å². The molecule has 5 heterocycles. The maximum Gasteiger partial charge on any atom is 0.397 e. The standard InChI is InChI=1S/C34H58N2O30S/c1-8(41)36-13-16(44)23(61-32-21(49)26(15(43)10(5-38)57-32)64-34-22(50)27(66-67(53,54)55)19(47)28(65-34)29(51)52)11(6-39)59-30(13)63-25-14(42)9(4-37)58-33(20(25)48)62-24-12(7-40)60-31(56-3-2-35)18(46)17(24)45/h9-28,30-34,37-40,42-50H,2-7,35H2,1H3,(H,36,41)(H,51,52)(H,53,54,55)/t9-,10-,11-,12-,13-,14+,15+,16-,17-,18-,19+,20-,21-,22-,23-,24-,25+,26+,27+,28+,30+,31-,32+,33+,34-/m1/s1. The van der Waals surface area contributed by atoms with E-state index in [1.807, 2.05) is 0 Å². The summed E-state index contributed by atoms with van der Waals surface area (Å²) in [5, 5.41) is 152. The summed E-state index contributed by atoms with van der Waals surface area (Å²) in [7, 11) is -5.49. The highest BCUT2D eigenvalue weighted by Gasteiger charge is 2.58. The van der Waals surface area contributed by atoms with Crippen LogP contribution < -0.4 is 11.1 Å². The number of carboxylic acid groups (broad SMARTS) is 1. The van der Waals surface area contributed by atoms with Gasteiger partial charge >= 0.3 is 16.4 Å². The van der Waals surface area contributed by atoms with Gasteiger partial charge in [-0.25, -0.2) is 8.98 Å². The molecule has 32 nitrogen and oxygen atoms in total. The quantitative estimate of drug-likeness (QED) is 0.0534. The van der Waals surface area contributed by atoms with Crippen LogP contribution in [-0.4, -0.2) is 289 Å². The maximum absolute atomic E-state index is 12.5. The van der Waals surface area contributed by atoms with E-state index in [0.29, 0.717) is 0 Å². The smallest absolute Gasteiger partial charge is 0.397 e. The van der Waals surface area contributed by atoms with Crippen LogP contribution in [0.5, 0.6) is 0 Å². The fraction of sp³-hybridized carbons (Fsp3) is 0.941. The number of ether oxygens (including phenoxy) is 10. The van der Waals surface area contributed by atoms with Crippen molar-refractivity contribution in [2.24, 2.45) is 5.73 Å². The predicted molar refractivity (Wildman–Crippen MR) is 202 cm³/mol. The highest BCUT2D eigenvalue weighted by atomic mass is 32.3. The Kier molecular flexibility index (Phi) is 19.8. The first-order chi connectivity index (χ1) is 31.5. The molecule has 0 aromatic heterocycles. The van der Waals surface area contributed by atoms with Crippen LogP contribution in [0.15, 0.2) is 0 Å². The second-order valence-corrected chi connectivity index (χ2v) is 16.9. The lowest BCUT2D eigenvalue weighted by atomic mass is 9.94. The molecule has 0 aliphatic carbocycles. The summed E-state index contributed by atoms with van der Waals surface area (Å²) in [4.78, 5) is 24.3. The minimum absolute atomic E-state index is 0.00213. The van der Waals surface area contributed by atoms with E-state index in [-0.39, 0.29) is 13.2 Å². The summed E-state index contributed by atoms with van der Waals surface area (Å²) in [5.41, 5.74) is 5.42. The molecule has 25 atom stereocenters. The molecule has 0 radical (unpaired) electrons. The Morgan fingerprint density at radius 1 is 0.537 bits per heavy atom. The van der Waals surface area contributed by atoms with Crippen molar-refractivity contribution in [2.45, 2.75) is 160 Å². The zero-order valence-corrected chi connectivity index (χ0v) is 35.8. The SMILES string of the molecule is CC(=O)N[C@H]1[C@H](O[C@H]2[C@@H](O)[C@@H](CO)O[C@@H](O[C@H]3[C@H](O)[C@@H](O)[C@H](OCCN)O[C@@H]3CO)[C@@H]2O)O[C@H](CO)[C@@H](O[C@@H]2O[C@H](CO)[C@H](O)[C@H](O[C@@H]3O[C@H](C(=O)O)[C@@H](O)[C@H](OS(=O)(=O)O)[C@H]3O)[C@H]2O)[C@@H]1O. The van der Waals surface area contributed by atoms with Crippen molar-refractivity contribution >= 4 is 22.3 Å². The number of carboxylic acids is 1. The number of nitrogens with one attached hydrogen (secondary N) is 1. The van der Waals surface area contributed by atoms with E-state index in [1.54, 1.807) is 0 Å². The second kappa shape index (κ2) is 23.8. The number of aliphatic hydroxyl groups excluding tert-OH is 13. The van der Waals surface area contributed by atoms with Gasteiger partial charge in [-0.15, -0.1) is 0 Å². The first-order valence-corrected chi connectivity index (χ1v) is 21.8. The van der Waals surface area contributed by atoms with Gasteiger partial charge in [-0.3, -0.25) is 9.35 Å². The van der Waals surface area contributed by atoms with Gasteiger partial charge in [0.25, 0.3) is 0 Å². The van der Waals surface area contributed by atoms with Gasteiger partial charge in [0.15, 0.2) is 37.6 Å². The van der Waals surface area contributed by atoms with Gasteiger partial charge in [-0.1, -0.05) is 0 Å². The summed E-state index contributed by atoms with van der Waals surface area (Å²) in [5.74, 6) is -2.84. The molecular weight excluding hydrogens is 948 g/mol. The monoisotopic (exact) mass is 1010 g/mol. The fourth-order valence-electron chi connectivity index (χ4n) is 7.96. The number of aliphatic hydroxyl groups is 13. The molecule has 5 aliphatic heterocycles. The normalized spacial score (nSPS) is 46.5. The van der Waals surface area contributed by atoms with Crippen LogP contribution in [0.3, 0.4) is 0 Å². The molecule has 18 N–H and O–H groups in total. The van der Waals surface area contributed by atoms with E-state index >= 15 is 0 Å². The van der Waals surface area contributed by atoms with Gasteiger partial charge in [0.1, 0.15) is 116 Å². The molecule has 5 fully saturated rings. The lowest BCUT2D eigenvalue weighted by molar-refractivity contribution is -0.386. The van der Waals surface area contributed by atoms with Crippen molar-refractivity contribution in [2.75, 3.05) is 39.6 Å². The molecule has 5 rings (SSSR count). The molecule has 33 heteroatoms. The van der Waals surface area contributed by atoms with E-state index in [9.17, 15) is 94.1 Å². The summed E-state index contributed by atoms with van der Waals surface area (Å²) < 4.78 is 91.8. The Labute approximate surface area is 378 Å². The van der Waals surface area contributed by atoms with E-state index in [2.05, 4.69) is 9.50 Å². The molecule has 0 spiro atoms. The Hall–Kier alpha value is -2.15. The Bertz CT molecular complexity index is 1710. The highest BCUT2D eigenvalue weighted by Crippen LogP contribution is 2.36. The largest absolute Gasteiger partial charge is 0.479 e. The molecule has 0 bridgehead atoms. The van der Waals surface area contributed by atoms with Crippen LogP contribution >= 0.6 is 0 Å². The number of aliphatic carboxylic acids is 1. The van der Waals surface area contributed by atoms with Crippen molar-refractivity contribution in [3.05, 3.63) is 0 Å². The van der Waals surface area contributed by atoms with Crippen LogP contribution in [0.25, 0.3) is 0 Å². The summed E-state index contributed by atoms with van der Waals surface area (Å²) in [6.45, 7) is -3.13. The molecule has 0 aromatic carbocycles. The van der Waals surface area contributed by atoms with E-state index < -0.39 is 202 Å². The Morgan fingerprint density at radius 3 is 1.40 bits per heavy atom. The third kappa shape index (κ3) is 12.7. The minimum Gasteiger partial charge on any atom is -0.479 e. The van der Waals surface area contributed by atoms with Gasteiger partial charge < -0.3 is 130 Å². The van der Waals surface area contributed by atoms with Gasteiger partial charge in [0.2, 0.25) is 5.91 Å². The first-order valence-electron chi connectivity index (χ1n) is 20.4. The lowest BCUT2D eigenvalue weighted by Crippen LogP contribution is -2.70. The number of nitrogens with two attached hydrogens (primary N) is 1. The third-order valence-electron chi connectivity index (χ3n) is 11.3. The average molecular weight is 1010 g/mol. The third-order valence-corrected chi connectivity index (χ3v) is 11.7. The van der Waals surface area contributed by atoms with Crippen LogP contribution in [0, 0.1) is 0 Å². The molecule has 5 saturated heterocycles. The molecule has 390 valence electrons. The van der Waals surface area contributed by atoms with Crippen LogP contribution in [0.4, 0.5) is 0 Å². The number of hydrogen-bond acceptors (Lipinski definition) is 29. The molecule has 67 heavy (non-hydrogen) atoms. The number of carbonyl (C=O) groups is 2. The summed E-state index contributed by atoms with van der Waals surface area (Å²) >= 11 is 0. The number of amides is 1. The van der Waals surface area contributed by atoms with Gasteiger partial charge in [-0.2, -0.15) is 8.42 Å². The zero-order valence-electron chi connectivity index (χ0n) is 35.0. The second-order valence-electron chi connectivity index (χ2n) is 15.9. The van der Waals surface area contributed by atoms with Crippen molar-refractivity contribution in [1.29, 1.82) is 0 Å². The number of carbonyl (C=O) groups excluding carboxylic acids is 1. The van der Waals surface area contributed by atoms with E-state index in [1.165, 1.54) is 0 Å². The van der Waals surface area contributed by atoms with Crippen LogP contribution in [0.1, 0.15) is 6.92 Å². The van der Waals surface area contributed by atoms with Gasteiger partial charge in [-0.05, 0) is 0 Å².